The van der Waals surface area contributed by atoms with Gasteiger partial charge in [-0.1, -0.05) is 17.7 Å². The molecule has 0 amide bonds. The van der Waals surface area contributed by atoms with Gasteiger partial charge in [0.25, 0.3) is 0 Å². The van der Waals surface area contributed by atoms with Crippen LogP contribution in [0, 0.1) is 0 Å². The quantitative estimate of drug-likeness (QED) is 0.386. The number of benzene rings is 2. The maximum atomic E-state index is 6.58. The van der Waals surface area contributed by atoms with Crippen LogP contribution in [0.5, 0.6) is 11.5 Å². The van der Waals surface area contributed by atoms with Gasteiger partial charge in [0.05, 0.1) is 16.8 Å². The Hall–Kier alpha value is -4.37. The zero-order chi connectivity index (χ0) is 23.1. The molecule has 9 nitrogen and oxygen atoms in total. The molecule has 0 bridgehead atoms. The zero-order valence-electron chi connectivity index (χ0n) is 17.8. The molecule has 5 aromatic rings. The number of nitrogens with one attached hydrogen (secondary N) is 1. The first-order chi connectivity index (χ1) is 16.7. The minimum atomic E-state index is 0.187. The van der Waals surface area contributed by atoms with E-state index in [0.717, 1.165) is 16.8 Å². The second-order valence-corrected chi connectivity index (χ2v) is 8.09. The molecule has 2 aromatic carbocycles. The molecule has 0 fully saturated rings. The number of nitrogens with zero attached hydrogens (tertiary/aromatic N) is 5. The fraction of sp³-hybridized carbons (Fsp3) is 0.0833. The summed E-state index contributed by atoms with van der Waals surface area (Å²) in [6.07, 6.45) is 3.52. The molecule has 34 heavy (non-hydrogen) atoms. The van der Waals surface area contributed by atoms with Gasteiger partial charge in [0.15, 0.2) is 17.1 Å². The van der Waals surface area contributed by atoms with E-state index in [2.05, 4.69) is 20.4 Å². The van der Waals surface area contributed by atoms with Gasteiger partial charge in [0, 0.05) is 29.5 Å². The molecule has 3 N–H and O–H groups in total. The predicted octanol–water partition coefficient (Wildman–Crippen LogP) is 4.45. The molecule has 168 valence electrons. The van der Waals surface area contributed by atoms with Gasteiger partial charge in [0.2, 0.25) is 12.7 Å². The Balaban J connectivity index is 1.49. The maximum absolute atomic E-state index is 6.58. The number of rotatable bonds is 5. The van der Waals surface area contributed by atoms with Crippen molar-refractivity contribution in [3.05, 3.63) is 77.6 Å². The Morgan fingerprint density at radius 1 is 1.03 bits per heavy atom. The van der Waals surface area contributed by atoms with Crippen LogP contribution in [-0.4, -0.2) is 31.5 Å². The lowest BCUT2D eigenvalue weighted by atomic mass is 10.1. The van der Waals surface area contributed by atoms with E-state index in [0.29, 0.717) is 51.6 Å². The third-order valence-electron chi connectivity index (χ3n) is 5.46. The van der Waals surface area contributed by atoms with E-state index in [-0.39, 0.29) is 6.79 Å². The van der Waals surface area contributed by atoms with Crippen LogP contribution in [0.1, 0.15) is 5.56 Å². The Morgan fingerprint density at radius 2 is 1.88 bits per heavy atom. The van der Waals surface area contributed by atoms with E-state index in [4.69, 9.17) is 31.8 Å². The first-order valence-electron chi connectivity index (χ1n) is 10.5. The second kappa shape index (κ2) is 8.20. The van der Waals surface area contributed by atoms with Crippen molar-refractivity contribution >= 4 is 34.4 Å². The predicted molar refractivity (Wildman–Crippen MR) is 129 cm³/mol. The SMILES string of the molecule is Nc1c2c(-c3ccc4c(c3)OCO4)nc(NCc3cccnc3)nc2nn1-c1ccc(Cl)cc1. The summed E-state index contributed by atoms with van der Waals surface area (Å²) in [7, 11) is 0. The number of halogens is 1. The molecule has 0 radical (unpaired) electrons. The number of hydrogen-bond donors (Lipinski definition) is 2. The molecule has 0 aliphatic carbocycles. The molecular weight excluding hydrogens is 454 g/mol. The number of aromatic nitrogens is 5. The normalized spacial score (nSPS) is 12.3. The van der Waals surface area contributed by atoms with Crippen LogP contribution >= 0.6 is 11.6 Å². The van der Waals surface area contributed by atoms with E-state index < -0.39 is 0 Å². The van der Waals surface area contributed by atoms with Crippen LogP contribution in [0.2, 0.25) is 5.02 Å². The van der Waals surface area contributed by atoms with Crippen molar-refractivity contribution in [2.24, 2.45) is 0 Å². The van der Waals surface area contributed by atoms with Crippen LogP contribution in [0.25, 0.3) is 28.0 Å². The van der Waals surface area contributed by atoms with Crippen LogP contribution in [0.3, 0.4) is 0 Å². The van der Waals surface area contributed by atoms with Crippen molar-refractivity contribution < 1.29 is 9.47 Å². The summed E-state index contributed by atoms with van der Waals surface area (Å²) in [6, 6.07) is 16.8. The summed E-state index contributed by atoms with van der Waals surface area (Å²) in [5.74, 6) is 2.18. The summed E-state index contributed by atoms with van der Waals surface area (Å²) in [4.78, 5) is 13.6. The molecule has 0 atom stereocenters. The van der Waals surface area contributed by atoms with E-state index in [1.54, 1.807) is 29.2 Å². The van der Waals surface area contributed by atoms with E-state index in [1.807, 2.05) is 42.5 Å². The number of hydrogen-bond acceptors (Lipinski definition) is 8. The zero-order valence-corrected chi connectivity index (χ0v) is 18.5. The van der Waals surface area contributed by atoms with Gasteiger partial charge in [-0.15, -0.1) is 5.10 Å². The smallest absolute Gasteiger partial charge is 0.231 e. The Labute approximate surface area is 199 Å². The standard InChI is InChI=1S/C24H18ClN7O2/c25-16-4-6-17(7-5-16)32-22(26)20-21(15-3-8-18-19(10-15)34-13-33-18)29-24(30-23(20)31-32)28-12-14-2-1-9-27-11-14/h1-11H,12-13,26H2,(H,28,30,31). The van der Waals surface area contributed by atoms with E-state index in [9.17, 15) is 0 Å². The minimum Gasteiger partial charge on any atom is -0.454 e. The van der Waals surface area contributed by atoms with Crippen molar-refractivity contribution in [1.82, 2.24) is 24.7 Å². The Bertz CT molecular complexity index is 1500. The molecule has 3 aromatic heterocycles. The van der Waals surface area contributed by atoms with Gasteiger partial charge in [-0.25, -0.2) is 9.67 Å². The van der Waals surface area contributed by atoms with Gasteiger partial charge in [0.1, 0.15) is 5.82 Å². The molecule has 0 unspecified atom stereocenters. The van der Waals surface area contributed by atoms with Crippen molar-refractivity contribution in [2.75, 3.05) is 17.8 Å². The number of anilines is 2. The maximum Gasteiger partial charge on any atom is 0.231 e. The van der Waals surface area contributed by atoms with Gasteiger partial charge < -0.3 is 20.5 Å². The number of nitrogen functional groups attached to an aromatic ring is 1. The molecule has 4 heterocycles. The molecule has 10 heteroatoms. The number of nitrogens with two attached hydrogens (primary N) is 1. The fourth-order valence-electron chi connectivity index (χ4n) is 3.81. The molecular formula is C24H18ClN7O2. The molecule has 6 rings (SSSR count). The van der Waals surface area contributed by atoms with Gasteiger partial charge in [-0.3, -0.25) is 4.98 Å². The molecule has 1 aliphatic heterocycles. The first kappa shape index (κ1) is 20.3. The van der Waals surface area contributed by atoms with Gasteiger partial charge >= 0.3 is 0 Å². The number of fused-ring (bicyclic) bond motifs is 2. The molecule has 0 saturated carbocycles. The fourth-order valence-corrected chi connectivity index (χ4v) is 3.93. The lowest BCUT2D eigenvalue weighted by molar-refractivity contribution is 0.174. The van der Waals surface area contributed by atoms with Crippen molar-refractivity contribution in [1.29, 1.82) is 0 Å². The van der Waals surface area contributed by atoms with Crippen molar-refractivity contribution in [3.8, 4) is 28.4 Å². The Kier molecular flexibility index (Phi) is 4.88. The summed E-state index contributed by atoms with van der Waals surface area (Å²) < 4.78 is 12.7. The van der Waals surface area contributed by atoms with Crippen molar-refractivity contribution in [2.45, 2.75) is 6.54 Å². The largest absolute Gasteiger partial charge is 0.454 e. The topological polar surface area (TPSA) is 113 Å². The third kappa shape index (κ3) is 3.61. The molecule has 1 aliphatic rings. The Morgan fingerprint density at radius 3 is 2.71 bits per heavy atom. The summed E-state index contributed by atoms with van der Waals surface area (Å²) >= 11 is 6.06. The molecule has 0 spiro atoms. The highest BCUT2D eigenvalue weighted by atomic mass is 35.5. The van der Waals surface area contributed by atoms with Crippen LogP contribution < -0.4 is 20.5 Å². The lowest BCUT2D eigenvalue weighted by Gasteiger charge is -2.09. The minimum absolute atomic E-state index is 0.187. The van der Waals surface area contributed by atoms with Crippen LogP contribution in [0.15, 0.2) is 67.0 Å². The average Bonchev–Trinajstić information content (AvgIpc) is 3.47. The highest BCUT2D eigenvalue weighted by Crippen LogP contribution is 2.39. The summed E-state index contributed by atoms with van der Waals surface area (Å²) in [6.45, 7) is 0.694. The second-order valence-electron chi connectivity index (χ2n) is 7.65. The third-order valence-corrected chi connectivity index (χ3v) is 5.71. The van der Waals surface area contributed by atoms with Gasteiger partial charge in [-0.2, -0.15) is 4.98 Å². The van der Waals surface area contributed by atoms with Crippen LogP contribution in [-0.2, 0) is 6.54 Å². The summed E-state index contributed by atoms with van der Waals surface area (Å²) in [5, 5.41) is 9.21. The van der Waals surface area contributed by atoms with Crippen molar-refractivity contribution in [3.63, 3.8) is 0 Å². The lowest BCUT2D eigenvalue weighted by Crippen LogP contribution is -2.05. The highest BCUT2D eigenvalue weighted by molar-refractivity contribution is 6.30. The number of pyridine rings is 1. The summed E-state index contributed by atoms with van der Waals surface area (Å²) in [5.41, 5.74) is 10.2. The first-order valence-corrected chi connectivity index (χ1v) is 10.9. The van der Waals surface area contributed by atoms with Crippen LogP contribution in [0.4, 0.5) is 11.8 Å². The number of ether oxygens (including phenoxy) is 2. The van der Waals surface area contributed by atoms with E-state index in [1.165, 1.54) is 0 Å². The van der Waals surface area contributed by atoms with Gasteiger partial charge in [-0.05, 0) is 54.1 Å². The monoisotopic (exact) mass is 471 g/mol. The van der Waals surface area contributed by atoms with E-state index >= 15 is 0 Å². The molecule has 0 saturated heterocycles. The highest BCUT2D eigenvalue weighted by Gasteiger charge is 2.21. The average molecular weight is 472 g/mol.